The Hall–Kier alpha value is -1.33. The number of hydrogen-bond donors (Lipinski definition) is 0. The van der Waals surface area contributed by atoms with Gasteiger partial charge in [0.05, 0.1) is 6.61 Å². The van der Waals surface area contributed by atoms with Gasteiger partial charge >= 0.3 is 0 Å². The van der Waals surface area contributed by atoms with Crippen LogP contribution < -0.4 is 0 Å². The third-order valence-electron chi connectivity index (χ3n) is 3.19. The van der Waals surface area contributed by atoms with Gasteiger partial charge in [0.15, 0.2) is 17.4 Å². The van der Waals surface area contributed by atoms with E-state index in [0.29, 0.717) is 13.2 Å². The predicted molar refractivity (Wildman–Crippen MR) is 67.2 cm³/mol. The predicted octanol–water partition coefficient (Wildman–Crippen LogP) is 2.26. The van der Waals surface area contributed by atoms with Gasteiger partial charge in [-0.15, -0.1) is 0 Å². The van der Waals surface area contributed by atoms with Crippen molar-refractivity contribution >= 4 is 5.78 Å². The van der Waals surface area contributed by atoms with Crippen molar-refractivity contribution in [2.24, 2.45) is 0 Å². The minimum Gasteiger partial charge on any atom is -0.367 e. The lowest BCUT2D eigenvalue weighted by Crippen LogP contribution is -2.46. The van der Waals surface area contributed by atoms with Crippen LogP contribution >= 0.6 is 0 Å². The van der Waals surface area contributed by atoms with Crippen LogP contribution in [0.25, 0.3) is 0 Å². The zero-order valence-corrected chi connectivity index (χ0v) is 10.9. The molecule has 0 bridgehead atoms. The van der Waals surface area contributed by atoms with E-state index >= 15 is 0 Å². The van der Waals surface area contributed by atoms with Crippen molar-refractivity contribution in [3.05, 3.63) is 35.4 Å². The summed E-state index contributed by atoms with van der Waals surface area (Å²) in [6.45, 7) is 4.77. The summed E-state index contributed by atoms with van der Waals surface area (Å²) in [6, 6.07) is 3.19. The number of carbonyl (C=O) groups excluding carboxylic acids is 1. The van der Waals surface area contributed by atoms with E-state index < -0.39 is 17.7 Å². The second kappa shape index (κ2) is 6.21. The highest BCUT2D eigenvalue weighted by Crippen LogP contribution is 2.15. The Morgan fingerprint density at radius 3 is 2.89 bits per heavy atom. The molecule has 3 nitrogen and oxygen atoms in total. The van der Waals surface area contributed by atoms with Gasteiger partial charge in [-0.05, 0) is 31.2 Å². The summed E-state index contributed by atoms with van der Waals surface area (Å²) in [5.41, 5.74) is 0.155. The molecule has 1 aliphatic rings. The molecule has 0 spiro atoms. The van der Waals surface area contributed by atoms with E-state index in [1.807, 2.05) is 0 Å². The molecular formula is C14H17F2NO2. The van der Waals surface area contributed by atoms with Crippen LogP contribution in [-0.4, -0.2) is 43.0 Å². The largest absolute Gasteiger partial charge is 0.367 e. The van der Waals surface area contributed by atoms with Crippen molar-refractivity contribution < 1.29 is 18.3 Å². The van der Waals surface area contributed by atoms with Crippen LogP contribution in [0.15, 0.2) is 18.2 Å². The number of carbonyl (C=O) groups is 1. The first kappa shape index (κ1) is 14.1. The molecule has 0 radical (unpaired) electrons. The first-order chi connectivity index (χ1) is 9.11. The molecule has 0 saturated carbocycles. The Kier molecular flexibility index (Phi) is 4.61. The lowest BCUT2D eigenvalue weighted by molar-refractivity contribution is -0.0163. The zero-order valence-electron chi connectivity index (χ0n) is 10.9. The van der Waals surface area contributed by atoms with E-state index in [1.54, 1.807) is 0 Å². The second-order valence-electron chi connectivity index (χ2n) is 4.65. The van der Waals surface area contributed by atoms with Crippen molar-refractivity contribution in [1.82, 2.24) is 4.90 Å². The van der Waals surface area contributed by atoms with Crippen LogP contribution in [0.5, 0.6) is 0 Å². The average Bonchev–Trinajstić information content (AvgIpc) is 2.42. The van der Waals surface area contributed by atoms with Gasteiger partial charge in [0.2, 0.25) is 0 Å². The number of morpholine rings is 1. The first-order valence-electron chi connectivity index (χ1n) is 6.45. The molecule has 1 unspecified atom stereocenters. The molecule has 1 saturated heterocycles. The third kappa shape index (κ3) is 3.36. The molecule has 0 aromatic heterocycles. The maximum absolute atomic E-state index is 13.1. The second-order valence-corrected chi connectivity index (χ2v) is 4.65. The van der Waals surface area contributed by atoms with E-state index in [1.165, 1.54) is 6.07 Å². The number of ether oxygens (including phenoxy) is 1. The smallest absolute Gasteiger partial charge is 0.192 e. The monoisotopic (exact) mass is 269 g/mol. The molecule has 0 amide bonds. The number of ketones is 1. The zero-order chi connectivity index (χ0) is 13.8. The van der Waals surface area contributed by atoms with E-state index in [4.69, 9.17) is 4.74 Å². The number of Topliss-reactive ketones (excluding diaryl/α,β-unsaturated/α-hetero) is 1. The molecule has 0 N–H and O–H groups in total. The number of halogens is 2. The molecule has 1 aliphatic heterocycles. The Morgan fingerprint density at radius 1 is 1.42 bits per heavy atom. The lowest BCUT2D eigenvalue weighted by Gasteiger charge is -2.31. The Balaban J connectivity index is 2.08. The summed E-state index contributed by atoms with van der Waals surface area (Å²) < 4.78 is 31.4. The maximum atomic E-state index is 13.1. The highest BCUT2D eigenvalue weighted by Gasteiger charge is 2.27. The van der Waals surface area contributed by atoms with Crippen LogP contribution in [0.3, 0.4) is 0 Å². The maximum Gasteiger partial charge on any atom is 0.192 e. The summed E-state index contributed by atoms with van der Waals surface area (Å²) in [5.74, 6) is -2.25. The van der Waals surface area contributed by atoms with Crippen molar-refractivity contribution in [2.45, 2.75) is 19.4 Å². The summed E-state index contributed by atoms with van der Waals surface area (Å²) in [7, 11) is 0. The quantitative estimate of drug-likeness (QED) is 0.785. The standard InChI is InChI=1S/C14H17F2NO2/c1-2-5-17-6-7-19-13(9-17)14(18)10-3-4-11(15)12(16)8-10/h3-4,8,13H,2,5-7,9H2,1H3. The van der Waals surface area contributed by atoms with E-state index in [9.17, 15) is 13.6 Å². The van der Waals surface area contributed by atoms with Crippen LogP contribution in [0.2, 0.25) is 0 Å². The van der Waals surface area contributed by atoms with Gasteiger partial charge in [-0.25, -0.2) is 8.78 Å². The highest BCUT2D eigenvalue weighted by atomic mass is 19.2. The molecular weight excluding hydrogens is 252 g/mol. The molecule has 5 heteroatoms. The normalized spacial score (nSPS) is 20.5. The van der Waals surface area contributed by atoms with Gasteiger partial charge in [-0.2, -0.15) is 0 Å². The van der Waals surface area contributed by atoms with Crippen LogP contribution in [0, 0.1) is 11.6 Å². The van der Waals surface area contributed by atoms with Crippen LogP contribution in [-0.2, 0) is 4.74 Å². The fourth-order valence-electron chi connectivity index (χ4n) is 2.22. The van der Waals surface area contributed by atoms with Gasteiger partial charge in [0.25, 0.3) is 0 Å². The summed E-state index contributed by atoms with van der Waals surface area (Å²) >= 11 is 0. The highest BCUT2D eigenvalue weighted by molar-refractivity contribution is 5.99. The number of nitrogens with zero attached hydrogens (tertiary/aromatic N) is 1. The Morgan fingerprint density at radius 2 is 2.21 bits per heavy atom. The minimum absolute atomic E-state index is 0.155. The van der Waals surface area contributed by atoms with Crippen molar-refractivity contribution in [3.8, 4) is 0 Å². The number of hydrogen-bond acceptors (Lipinski definition) is 3. The van der Waals surface area contributed by atoms with Gasteiger partial charge in [0, 0.05) is 18.7 Å². The number of benzene rings is 1. The SMILES string of the molecule is CCCN1CCOC(C(=O)c2ccc(F)c(F)c2)C1. The topological polar surface area (TPSA) is 29.5 Å². The fourth-order valence-corrected chi connectivity index (χ4v) is 2.22. The summed E-state index contributed by atoms with van der Waals surface area (Å²) in [4.78, 5) is 14.3. The molecule has 1 fully saturated rings. The molecule has 1 atom stereocenters. The lowest BCUT2D eigenvalue weighted by atomic mass is 10.0. The first-order valence-corrected chi connectivity index (χ1v) is 6.45. The molecule has 1 aromatic rings. The molecule has 1 heterocycles. The van der Waals surface area contributed by atoms with Crippen molar-refractivity contribution in [2.75, 3.05) is 26.2 Å². The van der Waals surface area contributed by atoms with Crippen LogP contribution in [0.4, 0.5) is 8.78 Å². The third-order valence-corrected chi connectivity index (χ3v) is 3.19. The van der Waals surface area contributed by atoms with Crippen molar-refractivity contribution in [1.29, 1.82) is 0 Å². The van der Waals surface area contributed by atoms with Crippen molar-refractivity contribution in [3.63, 3.8) is 0 Å². The Bertz CT molecular complexity index is 463. The molecule has 0 aliphatic carbocycles. The Labute approximate surface area is 111 Å². The fraction of sp³-hybridized carbons (Fsp3) is 0.500. The van der Waals surface area contributed by atoms with E-state index in [-0.39, 0.29) is 11.3 Å². The number of rotatable bonds is 4. The summed E-state index contributed by atoms with van der Waals surface area (Å²) in [5, 5.41) is 0. The minimum atomic E-state index is -1.01. The van der Waals surface area contributed by atoms with Gasteiger partial charge in [0.1, 0.15) is 6.10 Å². The van der Waals surface area contributed by atoms with Crippen LogP contribution in [0.1, 0.15) is 23.7 Å². The molecule has 19 heavy (non-hydrogen) atoms. The summed E-state index contributed by atoms with van der Waals surface area (Å²) in [6.07, 6.45) is 0.414. The molecule has 104 valence electrons. The van der Waals surface area contributed by atoms with Gasteiger partial charge < -0.3 is 4.74 Å². The molecule has 2 rings (SSSR count). The van der Waals surface area contributed by atoms with Gasteiger partial charge in [-0.3, -0.25) is 9.69 Å². The van der Waals surface area contributed by atoms with Gasteiger partial charge in [-0.1, -0.05) is 6.92 Å². The molecule has 1 aromatic carbocycles. The van der Waals surface area contributed by atoms with E-state index in [2.05, 4.69) is 11.8 Å². The van der Waals surface area contributed by atoms with E-state index in [0.717, 1.165) is 31.6 Å². The average molecular weight is 269 g/mol.